The third-order valence-electron chi connectivity index (χ3n) is 4.10. The first kappa shape index (κ1) is 13.7. The van der Waals surface area contributed by atoms with E-state index in [0.29, 0.717) is 0 Å². The summed E-state index contributed by atoms with van der Waals surface area (Å²) in [6.45, 7) is 7.14. The van der Waals surface area contributed by atoms with Crippen molar-refractivity contribution in [2.75, 3.05) is 5.32 Å². The van der Waals surface area contributed by atoms with E-state index in [4.69, 9.17) is 4.42 Å². The van der Waals surface area contributed by atoms with Crippen molar-refractivity contribution < 1.29 is 4.42 Å². The lowest BCUT2D eigenvalue weighted by Gasteiger charge is -2.06. The van der Waals surface area contributed by atoms with Gasteiger partial charge in [0.25, 0.3) is 0 Å². The topological polar surface area (TPSA) is 43.0 Å². The molecule has 4 nitrogen and oxygen atoms in total. The number of rotatable bonds is 4. The maximum absolute atomic E-state index is 5.63. The Balaban J connectivity index is 1.79. The first-order valence-electron chi connectivity index (χ1n) is 7.33. The van der Waals surface area contributed by atoms with Crippen LogP contribution in [-0.2, 0) is 20.0 Å². The summed E-state index contributed by atoms with van der Waals surface area (Å²) in [5.74, 6) is 0.789. The molecule has 2 heterocycles. The summed E-state index contributed by atoms with van der Waals surface area (Å²) in [7, 11) is 2.10. The summed E-state index contributed by atoms with van der Waals surface area (Å²) >= 11 is 0. The monoisotopic (exact) mass is 283 g/mol. The number of nitrogens with zero attached hydrogens (tertiary/aromatic N) is 2. The van der Waals surface area contributed by atoms with Crippen LogP contribution in [-0.4, -0.2) is 9.55 Å². The van der Waals surface area contributed by atoms with Crippen LogP contribution in [0.3, 0.4) is 0 Å². The average Bonchev–Trinajstić information content (AvgIpc) is 3.01. The fourth-order valence-corrected chi connectivity index (χ4v) is 2.55. The molecule has 0 spiro atoms. The second-order valence-electron chi connectivity index (χ2n) is 5.45. The van der Waals surface area contributed by atoms with Crippen LogP contribution >= 0.6 is 0 Å². The molecule has 4 heteroatoms. The lowest BCUT2D eigenvalue weighted by molar-refractivity contribution is 0.538. The van der Waals surface area contributed by atoms with Crippen LogP contribution in [0.2, 0.25) is 0 Å². The molecule has 2 aromatic heterocycles. The van der Waals surface area contributed by atoms with E-state index in [1.54, 1.807) is 0 Å². The number of nitrogens with one attached hydrogen (secondary N) is 1. The SMILES string of the molecule is CCc1nc2cc(NCc3cc(C)n(C)c3C)ccc2o1. The summed E-state index contributed by atoms with van der Waals surface area (Å²) in [6, 6.07) is 8.29. The van der Waals surface area contributed by atoms with Crippen LogP contribution in [0.15, 0.2) is 28.7 Å². The van der Waals surface area contributed by atoms with Crippen molar-refractivity contribution in [2.45, 2.75) is 33.7 Å². The zero-order valence-electron chi connectivity index (χ0n) is 13.0. The predicted molar refractivity (Wildman–Crippen MR) is 85.6 cm³/mol. The minimum atomic E-state index is 0.789. The molecule has 0 aliphatic carbocycles. The van der Waals surface area contributed by atoms with Crippen molar-refractivity contribution in [1.29, 1.82) is 0 Å². The zero-order valence-corrected chi connectivity index (χ0v) is 13.0. The molecule has 0 aliphatic rings. The minimum absolute atomic E-state index is 0.789. The summed E-state index contributed by atoms with van der Waals surface area (Å²) in [5.41, 5.74) is 6.74. The molecule has 0 unspecified atom stereocenters. The molecular weight excluding hydrogens is 262 g/mol. The average molecular weight is 283 g/mol. The quantitative estimate of drug-likeness (QED) is 0.788. The molecule has 21 heavy (non-hydrogen) atoms. The number of fused-ring (bicyclic) bond motifs is 1. The Bertz CT molecular complexity index is 783. The number of hydrogen-bond acceptors (Lipinski definition) is 3. The van der Waals surface area contributed by atoms with E-state index in [-0.39, 0.29) is 0 Å². The van der Waals surface area contributed by atoms with Gasteiger partial charge in [-0.3, -0.25) is 0 Å². The third kappa shape index (κ3) is 2.53. The highest BCUT2D eigenvalue weighted by Gasteiger charge is 2.07. The van der Waals surface area contributed by atoms with Gasteiger partial charge >= 0.3 is 0 Å². The molecule has 1 aromatic carbocycles. The molecule has 1 N–H and O–H groups in total. The Morgan fingerprint density at radius 2 is 2.05 bits per heavy atom. The van der Waals surface area contributed by atoms with Crippen LogP contribution in [0.25, 0.3) is 11.1 Å². The summed E-state index contributed by atoms with van der Waals surface area (Å²) in [6.07, 6.45) is 0.819. The number of benzene rings is 1. The van der Waals surface area contributed by atoms with Gasteiger partial charge in [0.2, 0.25) is 0 Å². The van der Waals surface area contributed by atoms with Crippen molar-refractivity contribution >= 4 is 16.8 Å². The number of anilines is 1. The van der Waals surface area contributed by atoms with Crippen LogP contribution in [0, 0.1) is 13.8 Å². The van der Waals surface area contributed by atoms with E-state index in [1.807, 2.05) is 25.1 Å². The summed E-state index contributed by atoms with van der Waals surface area (Å²) < 4.78 is 7.84. The van der Waals surface area contributed by atoms with Crippen molar-refractivity contribution in [1.82, 2.24) is 9.55 Å². The molecule has 0 aliphatic heterocycles. The van der Waals surface area contributed by atoms with Crippen molar-refractivity contribution in [3.63, 3.8) is 0 Å². The van der Waals surface area contributed by atoms with Gasteiger partial charge in [0.1, 0.15) is 5.52 Å². The number of hydrogen-bond donors (Lipinski definition) is 1. The van der Waals surface area contributed by atoms with Gasteiger partial charge < -0.3 is 14.3 Å². The van der Waals surface area contributed by atoms with E-state index in [0.717, 1.165) is 35.6 Å². The number of oxazole rings is 1. The van der Waals surface area contributed by atoms with E-state index in [9.17, 15) is 0 Å². The van der Waals surface area contributed by atoms with Crippen LogP contribution in [0.1, 0.15) is 29.8 Å². The van der Waals surface area contributed by atoms with Gasteiger partial charge in [-0.1, -0.05) is 6.92 Å². The fourth-order valence-electron chi connectivity index (χ4n) is 2.55. The molecule has 0 amide bonds. The number of aryl methyl sites for hydroxylation is 2. The van der Waals surface area contributed by atoms with Gasteiger partial charge in [0, 0.05) is 37.1 Å². The molecule has 0 saturated heterocycles. The van der Waals surface area contributed by atoms with E-state index in [2.05, 4.69) is 41.8 Å². The van der Waals surface area contributed by atoms with Crippen LogP contribution < -0.4 is 5.32 Å². The highest BCUT2D eigenvalue weighted by Crippen LogP contribution is 2.21. The van der Waals surface area contributed by atoms with Crippen LogP contribution in [0.5, 0.6) is 0 Å². The molecule has 0 atom stereocenters. The lowest BCUT2D eigenvalue weighted by Crippen LogP contribution is -2.01. The van der Waals surface area contributed by atoms with Gasteiger partial charge in [-0.2, -0.15) is 0 Å². The fraction of sp³-hybridized carbons (Fsp3) is 0.353. The predicted octanol–water partition coefficient (Wildman–Crippen LogP) is 3.96. The van der Waals surface area contributed by atoms with Crippen molar-refractivity contribution in [2.24, 2.45) is 7.05 Å². The summed E-state index contributed by atoms with van der Waals surface area (Å²) in [4.78, 5) is 4.47. The lowest BCUT2D eigenvalue weighted by atomic mass is 10.2. The standard InChI is InChI=1S/C17H21N3O/c1-5-17-19-15-9-14(6-7-16(15)21-17)18-10-13-8-11(2)20(4)12(13)3/h6-9,18H,5,10H2,1-4H3. The second kappa shape index (κ2) is 5.28. The first-order chi connectivity index (χ1) is 10.1. The Hall–Kier alpha value is -2.23. The Morgan fingerprint density at radius 1 is 1.24 bits per heavy atom. The third-order valence-corrected chi connectivity index (χ3v) is 4.10. The minimum Gasteiger partial charge on any atom is -0.441 e. The molecule has 0 radical (unpaired) electrons. The van der Waals surface area contributed by atoms with Crippen LogP contribution in [0.4, 0.5) is 5.69 Å². The number of aromatic nitrogens is 2. The second-order valence-corrected chi connectivity index (χ2v) is 5.45. The molecule has 3 rings (SSSR count). The highest BCUT2D eigenvalue weighted by atomic mass is 16.3. The molecule has 0 bridgehead atoms. The van der Waals surface area contributed by atoms with Gasteiger partial charge in [0.15, 0.2) is 11.5 Å². The normalized spacial score (nSPS) is 11.2. The molecule has 0 saturated carbocycles. The molecule has 3 aromatic rings. The molecule has 110 valence electrons. The maximum atomic E-state index is 5.63. The van der Waals surface area contributed by atoms with Crippen molar-refractivity contribution in [3.8, 4) is 0 Å². The Morgan fingerprint density at radius 3 is 2.71 bits per heavy atom. The van der Waals surface area contributed by atoms with Crippen molar-refractivity contribution in [3.05, 3.63) is 47.1 Å². The smallest absolute Gasteiger partial charge is 0.195 e. The van der Waals surface area contributed by atoms with Gasteiger partial charge in [-0.15, -0.1) is 0 Å². The van der Waals surface area contributed by atoms with Gasteiger partial charge in [0.05, 0.1) is 0 Å². The Kier molecular flexibility index (Phi) is 3.45. The first-order valence-corrected chi connectivity index (χ1v) is 7.33. The highest BCUT2D eigenvalue weighted by molar-refractivity contribution is 5.77. The zero-order chi connectivity index (χ0) is 15.0. The van der Waals surface area contributed by atoms with E-state index in [1.165, 1.54) is 17.0 Å². The molecule has 0 fully saturated rings. The van der Waals surface area contributed by atoms with Gasteiger partial charge in [-0.25, -0.2) is 4.98 Å². The summed E-state index contributed by atoms with van der Waals surface area (Å²) in [5, 5.41) is 3.47. The van der Waals surface area contributed by atoms with E-state index >= 15 is 0 Å². The largest absolute Gasteiger partial charge is 0.441 e. The van der Waals surface area contributed by atoms with Gasteiger partial charge in [-0.05, 0) is 43.7 Å². The molecular formula is C17H21N3O. The maximum Gasteiger partial charge on any atom is 0.195 e. The Labute approximate surface area is 124 Å². The van der Waals surface area contributed by atoms with E-state index < -0.39 is 0 Å².